The molecule has 0 aliphatic heterocycles. The molecule has 136 valence electrons. The van der Waals surface area contributed by atoms with Crippen molar-refractivity contribution in [1.29, 1.82) is 0 Å². The van der Waals surface area contributed by atoms with E-state index in [-0.39, 0.29) is 11.9 Å². The minimum Gasteiger partial charge on any atom is -0.497 e. The van der Waals surface area contributed by atoms with Crippen molar-refractivity contribution in [1.82, 2.24) is 19.7 Å². The van der Waals surface area contributed by atoms with Crippen LogP contribution in [0.5, 0.6) is 5.75 Å². The zero-order valence-corrected chi connectivity index (χ0v) is 15.3. The molecule has 1 N–H and O–H groups in total. The van der Waals surface area contributed by atoms with Gasteiger partial charge < -0.3 is 10.1 Å². The molecule has 0 saturated carbocycles. The second kappa shape index (κ2) is 6.68. The number of amides is 1. The number of carbonyl (C=O) groups is 1. The van der Waals surface area contributed by atoms with Gasteiger partial charge in [0.1, 0.15) is 11.4 Å². The quantitative estimate of drug-likeness (QED) is 0.597. The van der Waals surface area contributed by atoms with Crippen LogP contribution in [0.25, 0.3) is 21.9 Å². The number of fused-ring (bicyclic) bond motifs is 2. The van der Waals surface area contributed by atoms with E-state index in [1.54, 1.807) is 25.6 Å². The normalized spacial score (nSPS) is 11.3. The van der Waals surface area contributed by atoms with E-state index in [1.165, 1.54) is 0 Å². The maximum absolute atomic E-state index is 12.6. The summed E-state index contributed by atoms with van der Waals surface area (Å²) in [6.07, 6.45) is 3.38. The van der Waals surface area contributed by atoms with Gasteiger partial charge in [0, 0.05) is 16.8 Å². The van der Waals surface area contributed by atoms with Crippen LogP contribution in [0.4, 0.5) is 5.69 Å². The minimum absolute atomic E-state index is 0.218. The predicted octanol–water partition coefficient (Wildman–Crippen LogP) is 3.82. The van der Waals surface area contributed by atoms with Crippen LogP contribution in [0.2, 0.25) is 0 Å². The summed E-state index contributed by atoms with van der Waals surface area (Å²) in [7, 11) is 1.62. The number of aromatic nitrogens is 4. The number of hydrogen-bond acceptors (Lipinski definition) is 5. The number of carbonyl (C=O) groups excluding carboxylic acids is 1. The fourth-order valence-electron chi connectivity index (χ4n) is 2.94. The highest BCUT2D eigenvalue weighted by Crippen LogP contribution is 2.21. The molecule has 7 heteroatoms. The number of pyridine rings is 2. The predicted molar refractivity (Wildman–Crippen MR) is 104 cm³/mol. The highest BCUT2D eigenvalue weighted by atomic mass is 16.5. The average molecular weight is 361 g/mol. The van der Waals surface area contributed by atoms with Crippen molar-refractivity contribution in [2.24, 2.45) is 0 Å². The number of methoxy groups -OCH3 is 1. The standard InChI is InChI=1S/C20H19N5O2/c1-12(2)25-19-14(10-22-25)8-15(11-21-19)23-20(26)18-6-4-13-9-16(27-3)5-7-17(13)24-18/h4-12H,1-3H3,(H,23,26). The van der Waals surface area contributed by atoms with Crippen molar-refractivity contribution in [2.45, 2.75) is 19.9 Å². The molecule has 4 aromatic rings. The summed E-state index contributed by atoms with van der Waals surface area (Å²) in [6.45, 7) is 4.09. The molecule has 4 rings (SSSR count). The van der Waals surface area contributed by atoms with E-state index in [9.17, 15) is 4.79 Å². The molecule has 3 heterocycles. The highest BCUT2D eigenvalue weighted by Gasteiger charge is 2.12. The first kappa shape index (κ1) is 17.0. The summed E-state index contributed by atoms with van der Waals surface area (Å²) >= 11 is 0. The number of nitrogens with one attached hydrogen (secondary N) is 1. The SMILES string of the molecule is COc1ccc2nc(C(=O)Nc3cnc4c(cnn4C(C)C)c3)ccc2c1. The fraction of sp³-hybridized carbons (Fsp3) is 0.200. The van der Waals surface area contributed by atoms with Gasteiger partial charge in [-0.25, -0.2) is 14.6 Å². The van der Waals surface area contributed by atoms with Crippen molar-refractivity contribution in [3.8, 4) is 5.75 Å². The minimum atomic E-state index is -0.287. The van der Waals surface area contributed by atoms with Gasteiger partial charge in [0.05, 0.1) is 30.7 Å². The first-order valence-corrected chi connectivity index (χ1v) is 8.64. The van der Waals surface area contributed by atoms with E-state index in [4.69, 9.17) is 4.74 Å². The molecule has 0 aliphatic rings. The van der Waals surface area contributed by atoms with Crippen LogP contribution in [0.15, 0.2) is 48.8 Å². The van der Waals surface area contributed by atoms with Crippen molar-refractivity contribution >= 4 is 33.5 Å². The third kappa shape index (κ3) is 3.19. The Kier molecular flexibility index (Phi) is 4.19. The molecule has 0 aliphatic carbocycles. The van der Waals surface area contributed by atoms with E-state index in [0.717, 1.165) is 27.7 Å². The lowest BCUT2D eigenvalue weighted by molar-refractivity contribution is 0.102. The van der Waals surface area contributed by atoms with Crippen LogP contribution in [0, 0.1) is 0 Å². The van der Waals surface area contributed by atoms with Crippen LogP contribution in [0.3, 0.4) is 0 Å². The van der Waals surface area contributed by atoms with Gasteiger partial charge in [-0.15, -0.1) is 0 Å². The second-order valence-electron chi connectivity index (χ2n) is 6.53. The molecule has 0 bridgehead atoms. The average Bonchev–Trinajstić information content (AvgIpc) is 3.10. The van der Waals surface area contributed by atoms with Crippen molar-refractivity contribution < 1.29 is 9.53 Å². The summed E-state index contributed by atoms with van der Waals surface area (Å²) < 4.78 is 7.06. The van der Waals surface area contributed by atoms with Gasteiger partial charge in [0.15, 0.2) is 5.65 Å². The number of ether oxygens (including phenoxy) is 1. The molecule has 0 fully saturated rings. The summed E-state index contributed by atoms with van der Waals surface area (Å²) in [6, 6.07) is 11.2. The number of hydrogen-bond donors (Lipinski definition) is 1. The van der Waals surface area contributed by atoms with Gasteiger partial charge in [-0.05, 0) is 44.2 Å². The lowest BCUT2D eigenvalue weighted by Crippen LogP contribution is -2.14. The van der Waals surface area contributed by atoms with Gasteiger partial charge in [0.25, 0.3) is 5.91 Å². The van der Waals surface area contributed by atoms with Crippen molar-refractivity contribution in [2.75, 3.05) is 12.4 Å². The third-order valence-corrected chi connectivity index (χ3v) is 4.31. The maximum Gasteiger partial charge on any atom is 0.274 e. The van der Waals surface area contributed by atoms with Gasteiger partial charge in [0.2, 0.25) is 0 Å². The Morgan fingerprint density at radius 3 is 2.74 bits per heavy atom. The number of rotatable bonds is 4. The van der Waals surface area contributed by atoms with E-state index in [0.29, 0.717) is 11.4 Å². The summed E-state index contributed by atoms with van der Waals surface area (Å²) in [4.78, 5) is 21.4. The molecule has 0 radical (unpaired) electrons. The Bertz CT molecular complexity index is 1150. The Hall–Kier alpha value is -3.48. The monoisotopic (exact) mass is 361 g/mol. The topological polar surface area (TPSA) is 81.9 Å². The molecule has 3 aromatic heterocycles. The summed E-state index contributed by atoms with van der Waals surface area (Å²) in [5.74, 6) is 0.466. The fourth-order valence-corrected chi connectivity index (χ4v) is 2.94. The molecule has 0 atom stereocenters. The number of benzene rings is 1. The third-order valence-electron chi connectivity index (χ3n) is 4.31. The lowest BCUT2D eigenvalue weighted by atomic mass is 10.2. The Morgan fingerprint density at radius 2 is 1.96 bits per heavy atom. The van der Waals surface area contributed by atoms with E-state index in [1.807, 2.05) is 48.9 Å². The van der Waals surface area contributed by atoms with Crippen molar-refractivity contribution in [3.63, 3.8) is 0 Å². The van der Waals surface area contributed by atoms with Gasteiger partial charge in [-0.1, -0.05) is 6.07 Å². The molecule has 0 unspecified atom stereocenters. The molecule has 1 amide bonds. The molecule has 1 aromatic carbocycles. The Balaban J connectivity index is 1.60. The number of nitrogens with zero attached hydrogens (tertiary/aromatic N) is 4. The molecule has 7 nitrogen and oxygen atoms in total. The van der Waals surface area contributed by atoms with Crippen LogP contribution < -0.4 is 10.1 Å². The van der Waals surface area contributed by atoms with E-state index >= 15 is 0 Å². The van der Waals surface area contributed by atoms with Gasteiger partial charge in [-0.2, -0.15) is 5.10 Å². The first-order chi connectivity index (χ1) is 13.0. The summed E-state index contributed by atoms with van der Waals surface area (Å²) in [5, 5.41) is 8.98. The first-order valence-electron chi connectivity index (χ1n) is 8.64. The van der Waals surface area contributed by atoms with Crippen LogP contribution in [-0.2, 0) is 0 Å². The zero-order valence-electron chi connectivity index (χ0n) is 15.3. The largest absolute Gasteiger partial charge is 0.497 e. The van der Waals surface area contributed by atoms with Gasteiger partial charge in [-0.3, -0.25) is 4.79 Å². The molecule has 0 spiro atoms. The summed E-state index contributed by atoms with van der Waals surface area (Å²) in [5.41, 5.74) is 2.47. The van der Waals surface area contributed by atoms with Crippen LogP contribution in [0.1, 0.15) is 30.4 Å². The molecule has 27 heavy (non-hydrogen) atoms. The molecular weight excluding hydrogens is 342 g/mol. The van der Waals surface area contributed by atoms with Crippen LogP contribution >= 0.6 is 0 Å². The van der Waals surface area contributed by atoms with E-state index < -0.39 is 0 Å². The van der Waals surface area contributed by atoms with E-state index in [2.05, 4.69) is 20.4 Å². The second-order valence-corrected chi connectivity index (χ2v) is 6.53. The zero-order chi connectivity index (χ0) is 19.0. The Morgan fingerprint density at radius 1 is 1.11 bits per heavy atom. The van der Waals surface area contributed by atoms with Gasteiger partial charge >= 0.3 is 0 Å². The highest BCUT2D eigenvalue weighted by molar-refractivity contribution is 6.04. The smallest absolute Gasteiger partial charge is 0.274 e. The van der Waals surface area contributed by atoms with Crippen LogP contribution in [-0.4, -0.2) is 32.8 Å². The number of anilines is 1. The molecule has 0 saturated heterocycles. The Labute approximate surface area is 156 Å². The maximum atomic E-state index is 12.6. The van der Waals surface area contributed by atoms with Crippen molar-refractivity contribution in [3.05, 3.63) is 54.5 Å². The lowest BCUT2D eigenvalue weighted by Gasteiger charge is -2.08. The molecular formula is C20H19N5O2.